The van der Waals surface area contributed by atoms with Crippen molar-refractivity contribution >= 4 is 18.1 Å². The fourth-order valence-electron chi connectivity index (χ4n) is 3.32. The van der Waals surface area contributed by atoms with Crippen LogP contribution in [-0.4, -0.2) is 25.7 Å². The molecule has 1 aliphatic heterocycles. The van der Waals surface area contributed by atoms with E-state index in [0.29, 0.717) is 0 Å². The first-order chi connectivity index (χ1) is 12.1. The van der Waals surface area contributed by atoms with Crippen LogP contribution < -0.4 is 14.8 Å². The monoisotopic (exact) mass is 378 g/mol. The average molecular weight is 379 g/mol. The van der Waals surface area contributed by atoms with Crippen LogP contribution in [0.2, 0.25) is 0 Å². The van der Waals surface area contributed by atoms with Crippen molar-refractivity contribution in [3.05, 3.63) is 63.2 Å². The van der Waals surface area contributed by atoms with Gasteiger partial charge in [0.2, 0.25) is 0 Å². The van der Waals surface area contributed by atoms with E-state index in [4.69, 9.17) is 9.47 Å². The molecular formula is C19H23ClN2O4. The Bertz CT molecular complexity index is 765. The van der Waals surface area contributed by atoms with E-state index < -0.39 is 0 Å². The number of fused-ring (bicyclic) bond motifs is 1. The van der Waals surface area contributed by atoms with E-state index in [1.54, 1.807) is 26.4 Å². The van der Waals surface area contributed by atoms with Crippen LogP contribution in [-0.2, 0) is 12.8 Å². The van der Waals surface area contributed by atoms with Gasteiger partial charge in [-0.25, -0.2) is 0 Å². The first-order valence-corrected chi connectivity index (χ1v) is 8.34. The summed E-state index contributed by atoms with van der Waals surface area (Å²) in [5, 5.41) is 14.3. The van der Waals surface area contributed by atoms with Gasteiger partial charge in [-0.3, -0.25) is 10.1 Å². The van der Waals surface area contributed by atoms with Gasteiger partial charge in [0.25, 0.3) is 5.69 Å². The highest BCUT2D eigenvalue weighted by Crippen LogP contribution is 2.36. The van der Waals surface area contributed by atoms with E-state index in [2.05, 4.69) is 17.4 Å². The molecule has 2 aromatic carbocycles. The van der Waals surface area contributed by atoms with Gasteiger partial charge in [-0.05, 0) is 54.6 Å². The fraction of sp³-hybridized carbons (Fsp3) is 0.368. The van der Waals surface area contributed by atoms with Crippen LogP contribution in [0.5, 0.6) is 11.5 Å². The number of hydrogen-bond donors (Lipinski definition) is 1. The SMILES string of the molecule is COc1cc2c(cc1OC)C(CCc1ccc([N+](=O)[O-])cc1)NCC2.Cl. The lowest BCUT2D eigenvalue weighted by molar-refractivity contribution is -0.384. The molecule has 1 aliphatic rings. The molecule has 0 aromatic heterocycles. The third-order valence-electron chi connectivity index (χ3n) is 4.67. The number of halogens is 1. The van der Waals surface area contributed by atoms with Gasteiger partial charge >= 0.3 is 0 Å². The van der Waals surface area contributed by atoms with Crippen molar-refractivity contribution in [2.45, 2.75) is 25.3 Å². The van der Waals surface area contributed by atoms with Crippen LogP contribution >= 0.6 is 12.4 Å². The maximum atomic E-state index is 10.7. The molecule has 3 rings (SSSR count). The van der Waals surface area contributed by atoms with E-state index in [9.17, 15) is 10.1 Å². The molecule has 6 nitrogen and oxygen atoms in total. The van der Waals surface area contributed by atoms with Crippen molar-refractivity contribution in [1.82, 2.24) is 5.32 Å². The molecule has 0 fully saturated rings. The number of nitrogens with zero attached hydrogens (tertiary/aromatic N) is 1. The quantitative estimate of drug-likeness (QED) is 0.610. The molecule has 7 heteroatoms. The van der Waals surface area contributed by atoms with Gasteiger partial charge in [0, 0.05) is 18.2 Å². The summed E-state index contributed by atoms with van der Waals surface area (Å²) in [6.07, 6.45) is 2.73. The number of non-ortho nitro benzene ring substituents is 1. The number of nitrogens with one attached hydrogen (secondary N) is 1. The fourth-order valence-corrected chi connectivity index (χ4v) is 3.32. The van der Waals surface area contributed by atoms with Gasteiger partial charge in [0.15, 0.2) is 11.5 Å². The molecular weight excluding hydrogens is 356 g/mol. The zero-order valence-electron chi connectivity index (χ0n) is 14.9. The Kier molecular flexibility index (Phi) is 6.83. The first-order valence-electron chi connectivity index (χ1n) is 8.34. The molecule has 0 spiro atoms. The van der Waals surface area contributed by atoms with Gasteiger partial charge in [0.1, 0.15) is 0 Å². The molecule has 0 amide bonds. The number of benzene rings is 2. The van der Waals surface area contributed by atoms with Crippen LogP contribution in [0.4, 0.5) is 5.69 Å². The second-order valence-electron chi connectivity index (χ2n) is 6.12. The normalized spacial score (nSPS) is 15.5. The summed E-state index contributed by atoms with van der Waals surface area (Å²) in [6, 6.07) is 11.1. The smallest absolute Gasteiger partial charge is 0.269 e. The molecule has 26 heavy (non-hydrogen) atoms. The summed E-state index contributed by atoms with van der Waals surface area (Å²) in [7, 11) is 3.30. The Balaban J connectivity index is 0.00000243. The van der Waals surface area contributed by atoms with Crippen LogP contribution in [0.1, 0.15) is 29.2 Å². The van der Waals surface area contributed by atoms with E-state index >= 15 is 0 Å². The van der Waals surface area contributed by atoms with Crippen molar-refractivity contribution < 1.29 is 14.4 Å². The standard InChI is InChI=1S/C19H22N2O4.ClH/c1-24-18-11-14-9-10-20-17(16(14)12-19(18)25-2)8-5-13-3-6-15(7-4-13)21(22)23;/h3-4,6-7,11-12,17,20H,5,8-10H2,1-2H3;1H. The van der Waals surface area contributed by atoms with Gasteiger partial charge in [0.05, 0.1) is 19.1 Å². The summed E-state index contributed by atoms with van der Waals surface area (Å²) in [4.78, 5) is 10.4. The number of aryl methyl sites for hydroxylation is 1. The highest BCUT2D eigenvalue weighted by Gasteiger charge is 2.22. The van der Waals surface area contributed by atoms with Crippen LogP contribution in [0, 0.1) is 10.1 Å². The summed E-state index contributed by atoms with van der Waals surface area (Å²) in [5.41, 5.74) is 3.75. The summed E-state index contributed by atoms with van der Waals surface area (Å²) in [6.45, 7) is 0.924. The van der Waals surface area contributed by atoms with Crippen LogP contribution in [0.25, 0.3) is 0 Å². The Morgan fingerprint density at radius 3 is 2.42 bits per heavy atom. The van der Waals surface area contributed by atoms with E-state index in [1.165, 1.54) is 11.1 Å². The number of nitro benzene ring substituents is 1. The third kappa shape index (κ3) is 4.26. The van der Waals surface area contributed by atoms with Crippen LogP contribution in [0.15, 0.2) is 36.4 Å². The lowest BCUT2D eigenvalue weighted by Crippen LogP contribution is -2.30. The Hall–Kier alpha value is -2.31. The predicted molar refractivity (Wildman–Crippen MR) is 103 cm³/mol. The molecule has 2 aromatic rings. The molecule has 1 unspecified atom stereocenters. The number of nitro groups is 1. The Morgan fingerprint density at radius 1 is 1.15 bits per heavy atom. The molecule has 1 N–H and O–H groups in total. The molecule has 0 radical (unpaired) electrons. The highest BCUT2D eigenvalue weighted by molar-refractivity contribution is 5.85. The maximum absolute atomic E-state index is 10.7. The lowest BCUT2D eigenvalue weighted by atomic mass is 9.90. The van der Waals surface area contributed by atoms with Gasteiger partial charge in [-0.2, -0.15) is 0 Å². The minimum absolute atomic E-state index is 0. The minimum Gasteiger partial charge on any atom is -0.493 e. The highest BCUT2D eigenvalue weighted by atomic mass is 35.5. The molecule has 1 heterocycles. The Labute approximate surface area is 159 Å². The number of hydrogen-bond acceptors (Lipinski definition) is 5. The number of methoxy groups -OCH3 is 2. The largest absolute Gasteiger partial charge is 0.493 e. The van der Waals surface area contributed by atoms with Crippen molar-refractivity contribution in [1.29, 1.82) is 0 Å². The molecule has 0 aliphatic carbocycles. The predicted octanol–water partition coefficient (Wildman–Crippen LogP) is 3.85. The van der Waals surface area contributed by atoms with Crippen LogP contribution in [0.3, 0.4) is 0 Å². The maximum Gasteiger partial charge on any atom is 0.269 e. The van der Waals surface area contributed by atoms with E-state index in [0.717, 1.165) is 42.9 Å². The molecule has 140 valence electrons. The van der Waals surface area contributed by atoms with Crippen molar-refractivity contribution in [2.24, 2.45) is 0 Å². The summed E-state index contributed by atoms with van der Waals surface area (Å²) < 4.78 is 10.8. The topological polar surface area (TPSA) is 73.6 Å². The summed E-state index contributed by atoms with van der Waals surface area (Å²) >= 11 is 0. The molecule has 1 atom stereocenters. The average Bonchev–Trinajstić information content (AvgIpc) is 2.65. The van der Waals surface area contributed by atoms with E-state index in [1.807, 2.05) is 12.1 Å². The second kappa shape index (κ2) is 8.87. The van der Waals surface area contributed by atoms with Crippen molar-refractivity contribution in [2.75, 3.05) is 20.8 Å². The van der Waals surface area contributed by atoms with Crippen molar-refractivity contribution in [3.8, 4) is 11.5 Å². The molecule has 0 saturated heterocycles. The van der Waals surface area contributed by atoms with Gasteiger partial charge in [-0.15, -0.1) is 12.4 Å². The zero-order valence-corrected chi connectivity index (χ0v) is 15.7. The molecule has 0 saturated carbocycles. The van der Waals surface area contributed by atoms with Crippen molar-refractivity contribution in [3.63, 3.8) is 0 Å². The zero-order chi connectivity index (χ0) is 17.8. The first kappa shape index (κ1) is 20.0. The number of ether oxygens (including phenoxy) is 2. The number of rotatable bonds is 6. The second-order valence-corrected chi connectivity index (χ2v) is 6.12. The molecule has 0 bridgehead atoms. The summed E-state index contributed by atoms with van der Waals surface area (Å²) in [5.74, 6) is 1.50. The van der Waals surface area contributed by atoms with E-state index in [-0.39, 0.29) is 29.1 Å². The third-order valence-corrected chi connectivity index (χ3v) is 4.67. The minimum atomic E-state index is -0.373. The Morgan fingerprint density at radius 2 is 1.81 bits per heavy atom. The van der Waals surface area contributed by atoms with Gasteiger partial charge in [-0.1, -0.05) is 12.1 Å². The lowest BCUT2D eigenvalue weighted by Gasteiger charge is -2.28. The van der Waals surface area contributed by atoms with Gasteiger partial charge < -0.3 is 14.8 Å².